The van der Waals surface area contributed by atoms with Crippen molar-refractivity contribution in [1.29, 1.82) is 0 Å². The van der Waals surface area contributed by atoms with Crippen LogP contribution in [0.15, 0.2) is 24.3 Å². The Morgan fingerprint density at radius 2 is 0.914 bits per heavy atom. The summed E-state index contributed by atoms with van der Waals surface area (Å²) in [6.45, 7) is 5.13. The zero-order valence-electron chi connectivity index (χ0n) is 23.0. The topological polar surface area (TPSA) is 27.7 Å². The van der Waals surface area contributed by atoms with Crippen LogP contribution in [0.4, 0.5) is 0 Å². The molecule has 2 atom stereocenters. The van der Waals surface area contributed by atoms with Gasteiger partial charge in [-0.2, -0.15) is 0 Å². The van der Waals surface area contributed by atoms with E-state index in [2.05, 4.69) is 38.2 Å². The molecule has 0 aliphatic rings. The maximum atomic E-state index is 6.10. The fourth-order valence-electron chi connectivity index (χ4n) is 4.06. The molecule has 0 radical (unpaired) electrons. The van der Waals surface area contributed by atoms with E-state index in [-0.39, 0.29) is 12.2 Å². The number of halogens is 2. The summed E-state index contributed by atoms with van der Waals surface area (Å²) in [7, 11) is 0. The molecular weight excluding hydrogens is 479 g/mol. The van der Waals surface area contributed by atoms with Crippen molar-refractivity contribution < 1.29 is 14.2 Å². The molecule has 5 heteroatoms. The zero-order valence-corrected chi connectivity index (χ0v) is 24.5. The summed E-state index contributed by atoms with van der Waals surface area (Å²) in [6.07, 6.45) is 30.4. The summed E-state index contributed by atoms with van der Waals surface area (Å²) < 4.78 is 18.0. The number of allylic oxidation sites excluding steroid dienone is 4. The van der Waals surface area contributed by atoms with Crippen molar-refractivity contribution in [3.05, 3.63) is 24.3 Å². The van der Waals surface area contributed by atoms with Crippen LogP contribution in [0.1, 0.15) is 129 Å². The second kappa shape index (κ2) is 30.2. The third kappa shape index (κ3) is 26.8. The SMILES string of the molecule is CCCCCCCC(CC/C=C/CCCl)OCOCOC(CC/C=C/CCCl)CCCCCCC. The average Bonchev–Trinajstić information content (AvgIpc) is 2.86. The number of alkyl halides is 2. The quantitative estimate of drug-likeness (QED) is 0.0432. The van der Waals surface area contributed by atoms with Gasteiger partial charge < -0.3 is 14.2 Å². The van der Waals surface area contributed by atoms with Gasteiger partial charge >= 0.3 is 0 Å². The highest BCUT2D eigenvalue weighted by atomic mass is 35.5. The van der Waals surface area contributed by atoms with Gasteiger partial charge in [-0.15, -0.1) is 23.2 Å². The van der Waals surface area contributed by atoms with Gasteiger partial charge in [-0.3, -0.25) is 0 Å². The molecule has 0 aromatic rings. The molecule has 3 nitrogen and oxygen atoms in total. The molecule has 0 aliphatic carbocycles. The highest BCUT2D eigenvalue weighted by molar-refractivity contribution is 6.18. The molecule has 0 fully saturated rings. The van der Waals surface area contributed by atoms with Crippen molar-refractivity contribution in [3.63, 3.8) is 0 Å². The van der Waals surface area contributed by atoms with Crippen LogP contribution in [0, 0.1) is 0 Å². The van der Waals surface area contributed by atoms with E-state index >= 15 is 0 Å². The van der Waals surface area contributed by atoms with Gasteiger partial charge in [-0.1, -0.05) is 102 Å². The van der Waals surface area contributed by atoms with Crippen molar-refractivity contribution >= 4 is 23.2 Å². The molecule has 2 unspecified atom stereocenters. The standard InChI is InChI=1S/C30H56Cl2O3/c1-3-5-7-9-15-21-29(23-17-11-13-19-25-31)34-27-33-28-35-30(22-16-10-8-6-4-2)24-18-12-14-20-26-32/h11-14,29-30H,3-10,15-28H2,1-2H3/b13-11+,14-12+. The van der Waals surface area contributed by atoms with Crippen molar-refractivity contribution in [2.24, 2.45) is 0 Å². The van der Waals surface area contributed by atoms with Crippen molar-refractivity contribution in [3.8, 4) is 0 Å². The lowest BCUT2D eigenvalue weighted by atomic mass is 10.0. The van der Waals surface area contributed by atoms with Crippen LogP contribution in [0.2, 0.25) is 0 Å². The van der Waals surface area contributed by atoms with Crippen molar-refractivity contribution in [2.45, 2.75) is 142 Å². The Balaban J connectivity index is 4.30. The molecule has 0 rings (SSSR count). The van der Waals surface area contributed by atoms with E-state index in [4.69, 9.17) is 37.4 Å². The molecule has 0 bridgehead atoms. The first-order valence-electron chi connectivity index (χ1n) is 14.5. The number of ether oxygens (including phenoxy) is 3. The van der Waals surface area contributed by atoms with Gasteiger partial charge in [0.15, 0.2) is 0 Å². The number of hydrogen-bond acceptors (Lipinski definition) is 3. The van der Waals surface area contributed by atoms with Gasteiger partial charge in [0.05, 0.1) is 12.2 Å². The van der Waals surface area contributed by atoms with Crippen LogP contribution in [0.5, 0.6) is 0 Å². The summed E-state index contributed by atoms with van der Waals surface area (Å²) in [5, 5.41) is 0. The number of unbranched alkanes of at least 4 members (excludes halogenated alkanes) is 8. The Labute approximate surface area is 228 Å². The average molecular weight is 536 g/mol. The van der Waals surface area contributed by atoms with Gasteiger partial charge in [0.2, 0.25) is 0 Å². The van der Waals surface area contributed by atoms with Gasteiger partial charge in [-0.05, 0) is 51.4 Å². The van der Waals surface area contributed by atoms with Gasteiger partial charge in [-0.25, -0.2) is 0 Å². The Hall–Kier alpha value is -0.0600. The van der Waals surface area contributed by atoms with Crippen LogP contribution >= 0.6 is 23.2 Å². The normalized spacial score (nSPS) is 13.8. The van der Waals surface area contributed by atoms with E-state index in [1.165, 1.54) is 64.2 Å². The van der Waals surface area contributed by atoms with E-state index in [9.17, 15) is 0 Å². The minimum Gasteiger partial charge on any atom is -0.352 e. The molecule has 35 heavy (non-hydrogen) atoms. The van der Waals surface area contributed by atoms with Crippen LogP contribution in [-0.2, 0) is 14.2 Å². The minimum absolute atomic E-state index is 0.249. The van der Waals surface area contributed by atoms with Crippen molar-refractivity contribution in [1.82, 2.24) is 0 Å². The van der Waals surface area contributed by atoms with Crippen LogP contribution < -0.4 is 0 Å². The van der Waals surface area contributed by atoms with E-state index < -0.39 is 0 Å². The molecule has 0 aliphatic heterocycles. The van der Waals surface area contributed by atoms with Crippen LogP contribution in [0.25, 0.3) is 0 Å². The van der Waals surface area contributed by atoms with E-state index in [1.54, 1.807) is 0 Å². The molecule has 0 spiro atoms. The van der Waals surface area contributed by atoms with Gasteiger partial charge in [0.1, 0.15) is 13.6 Å². The van der Waals surface area contributed by atoms with Crippen LogP contribution in [-0.4, -0.2) is 37.6 Å². The van der Waals surface area contributed by atoms with E-state index in [0.29, 0.717) is 25.3 Å². The Morgan fingerprint density at radius 1 is 0.514 bits per heavy atom. The number of rotatable bonds is 28. The largest absolute Gasteiger partial charge is 0.352 e. The maximum Gasteiger partial charge on any atom is 0.149 e. The highest BCUT2D eigenvalue weighted by Gasteiger charge is 2.11. The molecule has 0 heterocycles. The monoisotopic (exact) mass is 534 g/mol. The molecule has 0 amide bonds. The molecule has 0 aromatic heterocycles. The third-order valence-electron chi connectivity index (χ3n) is 6.23. The predicted octanol–water partition coefficient (Wildman–Crippen LogP) is 10.3. The molecule has 0 saturated heterocycles. The first-order valence-corrected chi connectivity index (χ1v) is 15.6. The van der Waals surface area contributed by atoms with E-state index in [0.717, 1.165) is 51.4 Å². The lowest BCUT2D eigenvalue weighted by Crippen LogP contribution is -2.19. The first kappa shape index (κ1) is 34.9. The summed E-state index contributed by atoms with van der Waals surface area (Å²) in [6, 6.07) is 0. The molecular formula is C30H56Cl2O3. The molecule has 0 aromatic carbocycles. The van der Waals surface area contributed by atoms with Crippen molar-refractivity contribution in [2.75, 3.05) is 25.3 Å². The van der Waals surface area contributed by atoms with E-state index in [1.807, 2.05) is 0 Å². The molecule has 0 saturated carbocycles. The fraction of sp³-hybridized carbons (Fsp3) is 0.867. The third-order valence-corrected chi connectivity index (χ3v) is 6.67. The Bertz CT molecular complexity index is 417. The van der Waals surface area contributed by atoms with Gasteiger partial charge in [0, 0.05) is 11.8 Å². The molecule has 208 valence electrons. The Morgan fingerprint density at radius 3 is 1.31 bits per heavy atom. The maximum absolute atomic E-state index is 6.10. The minimum atomic E-state index is 0.249. The second-order valence-electron chi connectivity index (χ2n) is 9.48. The summed E-state index contributed by atoms with van der Waals surface area (Å²) in [4.78, 5) is 0. The highest BCUT2D eigenvalue weighted by Crippen LogP contribution is 2.16. The lowest BCUT2D eigenvalue weighted by molar-refractivity contribution is -0.167. The van der Waals surface area contributed by atoms with Gasteiger partial charge in [0.25, 0.3) is 0 Å². The second-order valence-corrected chi connectivity index (χ2v) is 10.2. The fourth-order valence-corrected chi connectivity index (χ4v) is 4.31. The summed E-state index contributed by atoms with van der Waals surface area (Å²) in [5.41, 5.74) is 0. The smallest absolute Gasteiger partial charge is 0.149 e. The number of hydrogen-bond donors (Lipinski definition) is 0. The first-order chi connectivity index (χ1) is 17.3. The van der Waals surface area contributed by atoms with Crippen LogP contribution in [0.3, 0.4) is 0 Å². The summed E-state index contributed by atoms with van der Waals surface area (Å²) >= 11 is 11.5. The summed E-state index contributed by atoms with van der Waals surface area (Å²) in [5.74, 6) is 1.37. The predicted molar refractivity (Wildman–Crippen MR) is 155 cm³/mol. The zero-order chi connectivity index (χ0) is 25.7. The lowest BCUT2D eigenvalue weighted by Gasteiger charge is -2.20. The Kier molecular flexibility index (Phi) is 30.1. The molecule has 0 N–H and O–H groups in total.